The number of halogens is 1. The number of rotatable bonds is 8. The predicted molar refractivity (Wildman–Crippen MR) is 116 cm³/mol. The lowest BCUT2D eigenvalue weighted by Crippen LogP contribution is -2.40. The minimum atomic E-state index is -0.159. The number of hydrogen-bond donors (Lipinski definition) is 2. The highest BCUT2D eigenvalue weighted by Crippen LogP contribution is 2.51. The lowest BCUT2D eigenvalue weighted by atomic mass is 10.1. The number of benzene rings is 2. The summed E-state index contributed by atoms with van der Waals surface area (Å²) >= 11 is 1.94. The Kier molecular flexibility index (Phi) is 6.97. The quantitative estimate of drug-likeness (QED) is 0.521. The lowest BCUT2D eigenvalue weighted by molar-refractivity contribution is 0.392. The van der Waals surface area contributed by atoms with Crippen LogP contribution in [0.4, 0.5) is 4.39 Å². The molecule has 0 aromatic heterocycles. The highest BCUT2D eigenvalue weighted by Gasteiger charge is 2.43. The molecular weight excluding hydrogens is 371 g/mol. The molecule has 0 unspecified atom stereocenters. The van der Waals surface area contributed by atoms with Gasteiger partial charge in [-0.15, -0.1) is 11.8 Å². The van der Waals surface area contributed by atoms with Crippen molar-refractivity contribution in [3.63, 3.8) is 0 Å². The standard InChI is InChI=1S/C22H29FN4S/c1-24-21(25-14-17-9-10-20(23)18(13-17)15-27(2)3)26-16-22(11-12-22)28-19-7-5-4-6-8-19/h4-10,13H,11-12,14-16H2,1-3H3,(H2,24,25,26). The van der Waals surface area contributed by atoms with Gasteiger partial charge >= 0.3 is 0 Å². The summed E-state index contributed by atoms with van der Waals surface area (Å²) in [7, 11) is 5.66. The van der Waals surface area contributed by atoms with Gasteiger partial charge in [-0.3, -0.25) is 4.99 Å². The zero-order valence-corrected chi connectivity index (χ0v) is 17.7. The van der Waals surface area contributed by atoms with E-state index in [1.54, 1.807) is 13.1 Å². The maximum Gasteiger partial charge on any atom is 0.191 e. The second-order valence-electron chi connectivity index (χ2n) is 7.54. The van der Waals surface area contributed by atoms with Crippen LogP contribution in [-0.2, 0) is 13.1 Å². The van der Waals surface area contributed by atoms with Gasteiger partial charge in [0.2, 0.25) is 0 Å². The van der Waals surface area contributed by atoms with Crippen molar-refractivity contribution in [2.75, 3.05) is 27.7 Å². The Morgan fingerprint density at radius 2 is 1.89 bits per heavy atom. The SMILES string of the molecule is CN=C(NCc1ccc(F)c(CN(C)C)c1)NCC1(Sc2ccccc2)CC1. The minimum Gasteiger partial charge on any atom is -0.355 e. The molecule has 0 heterocycles. The molecule has 3 rings (SSSR count). The molecule has 2 aromatic rings. The summed E-state index contributed by atoms with van der Waals surface area (Å²) < 4.78 is 14.2. The van der Waals surface area contributed by atoms with Gasteiger partial charge in [0, 0.05) is 41.9 Å². The third-order valence-electron chi connectivity index (χ3n) is 4.74. The van der Waals surface area contributed by atoms with E-state index in [-0.39, 0.29) is 10.6 Å². The van der Waals surface area contributed by atoms with Crippen molar-refractivity contribution in [2.24, 2.45) is 4.99 Å². The van der Waals surface area contributed by atoms with E-state index in [1.807, 2.05) is 49.0 Å². The molecule has 1 saturated carbocycles. The van der Waals surface area contributed by atoms with Crippen molar-refractivity contribution >= 4 is 17.7 Å². The van der Waals surface area contributed by atoms with Crippen LogP contribution in [0.25, 0.3) is 0 Å². The average Bonchev–Trinajstić information content (AvgIpc) is 3.44. The fraction of sp³-hybridized carbons (Fsp3) is 0.409. The molecule has 2 N–H and O–H groups in total. The largest absolute Gasteiger partial charge is 0.355 e. The molecule has 0 amide bonds. The van der Waals surface area contributed by atoms with E-state index < -0.39 is 0 Å². The van der Waals surface area contributed by atoms with Crippen LogP contribution in [0.5, 0.6) is 0 Å². The van der Waals surface area contributed by atoms with Crippen molar-refractivity contribution in [3.8, 4) is 0 Å². The van der Waals surface area contributed by atoms with Crippen LogP contribution in [0.2, 0.25) is 0 Å². The predicted octanol–water partition coefficient (Wildman–Crippen LogP) is 3.88. The Morgan fingerprint density at radius 1 is 1.14 bits per heavy atom. The number of nitrogens with zero attached hydrogens (tertiary/aromatic N) is 2. The molecule has 28 heavy (non-hydrogen) atoms. The average molecular weight is 401 g/mol. The van der Waals surface area contributed by atoms with Gasteiger partial charge in [0.1, 0.15) is 5.82 Å². The summed E-state index contributed by atoms with van der Waals surface area (Å²) in [5.41, 5.74) is 1.75. The molecule has 2 aromatic carbocycles. The van der Waals surface area contributed by atoms with Gasteiger partial charge in [0.15, 0.2) is 5.96 Å². The molecule has 0 bridgehead atoms. The molecule has 6 heteroatoms. The lowest BCUT2D eigenvalue weighted by Gasteiger charge is -2.18. The third kappa shape index (κ3) is 5.97. The third-order valence-corrected chi connectivity index (χ3v) is 6.24. The van der Waals surface area contributed by atoms with Crippen LogP contribution in [0.15, 0.2) is 58.4 Å². The van der Waals surface area contributed by atoms with Gasteiger partial charge in [-0.05, 0) is 56.8 Å². The van der Waals surface area contributed by atoms with Crippen molar-refractivity contribution < 1.29 is 4.39 Å². The topological polar surface area (TPSA) is 39.7 Å². The first-order chi connectivity index (χ1) is 13.5. The fourth-order valence-electron chi connectivity index (χ4n) is 3.04. The minimum absolute atomic E-state index is 0.159. The Bertz CT molecular complexity index is 803. The molecule has 150 valence electrons. The van der Waals surface area contributed by atoms with Crippen LogP contribution in [0.3, 0.4) is 0 Å². The molecule has 0 atom stereocenters. The van der Waals surface area contributed by atoms with E-state index in [4.69, 9.17) is 0 Å². The monoisotopic (exact) mass is 400 g/mol. The Labute approximate surface area is 171 Å². The highest BCUT2D eigenvalue weighted by atomic mass is 32.2. The molecule has 1 fully saturated rings. The number of guanidine groups is 1. The number of nitrogens with one attached hydrogen (secondary N) is 2. The van der Waals surface area contributed by atoms with Crippen molar-refractivity contribution in [3.05, 3.63) is 65.5 Å². The molecule has 0 spiro atoms. The van der Waals surface area contributed by atoms with Crippen molar-refractivity contribution in [1.82, 2.24) is 15.5 Å². The maximum atomic E-state index is 13.9. The van der Waals surface area contributed by atoms with Gasteiger partial charge in [0.05, 0.1) is 0 Å². The number of hydrogen-bond acceptors (Lipinski definition) is 3. The molecule has 1 aliphatic carbocycles. The van der Waals surface area contributed by atoms with E-state index in [2.05, 4.69) is 39.9 Å². The summed E-state index contributed by atoms with van der Waals surface area (Å²) in [6.07, 6.45) is 2.42. The first-order valence-electron chi connectivity index (χ1n) is 9.60. The van der Waals surface area contributed by atoms with Crippen molar-refractivity contribution in [2.45, 2.75) is 35.6 Å². The van der Waals surface area contributed by atoms with Crippen LogP contribution in [0, 0.1) is 5.82 Å². The summed E-state index contributed by atoms with van der Waals surface area (Å²) in [6, 6.07) is 15.8. The van der Waals surface area contributed by atoms with Crippen LogP contribution >= 0.6 is 11.8 Å². The molecular formula is C22H29FN4S. The summed E-state index contributed by atoms with van der Waals surface area (Å²) in [5, 5.41) is 6.80. The highest BCUT2D eigenvalue weighted by molar-refractivity contribution is 8.01. The van der Waals surface area contributed by atoms with Crippen LogP contribution in [0.1, 0.15) is 24.0 Å². The van der Waals surface area contributed by atoms with Gasteiger partial charge in [-0.25, -0.2) is 4.39 Å². The first kappa shape index (κ1) is 20.7. The molecule has 1 aliphatic rings. The smallest absolute Gasteiger partial charge is 0.191 e. The second kappa shape index (κ2) is 9.43. The molecule has 4 nitrogen and oxygen atoms in total. The molecule has 0 aliphatic heterocycles. The normalized spacial score (nSPS) is 15.5. The Balaban J connectivity index is 1.51. The first-order valence-corrected chi connectivity index (χ1v) is 10.4. The maximum absolute atomic E-state index is 13.9. The van der Waals surface area contributed by atoms with Crippen molar-refractivity contribution in [1.29, 1.82) is 0 Å². The number of aliphatic imine (C=N–C) groups is 1. The molecule has 0 radical (unpaired) electrons. The summed E-state index contributed by atoms with van der Waals surface area (Å²) in [5.74, 6) is 0.618. The summed E-state index contributed by atoms with van der Waals surface area (Å²) in [4.78, 5) is 7.61. The van der Waals surface area contributed by atoms with Gasteiger partial charge in [-0.1, -0.05) is 24.3 Å². The Hall–Kier alpha value is -2.05. The van der Waals surface area contributed by atoms with Gasteiger partial charge in [-0.2, -0.15) is 0 Å². The summed E-state index contributed by atoms with van der Waals surface area (Å²) in [6.45, 7) is 2.08. The zero-order valence-electron chi connectivity index (χ0n) is 16.8. The van der Waals surface area contributed by atoms with E-state index >= 15 is 0 Å². The number of thioether (sulfide) groups is 1. The second-order valence-corrected chi connectivity index (χ2v) is 9.08. The Morgan fingerprint density at radius 3 is 2.54 bits per heavy atom. The van der Waals surface area contributed by atoms with Crippen LogP contribution in [-0.4, -0.2) is 43.3 Å². The van der Waals surface area contributed by atoms with E-state index in [0.717, 1.165) is 18.1 Å². The van der Waals surface area contributed by atoms with E-state index in [1.165, 1.54) is 17.7 Å². The van der Waals surface area contributed by atoms with Crippen LogP contribution < -0.4 is 10.6 Å². The van der Waals surface area contributed by atoms with E-state index in [0.29, 0.717) is 18.7 Å². The fourth-order valence-corrected chi connectivity index (χ4v) is 4.29. The zero-order chi connectivity index (χ0) is 20.0. The van der Waals surface area contributed by atoms with Gasteiger partial charge in [0.25, 0.3) is 0 Å². The van der Waals surface area contributed by atoms with Gasteiger partial charge < -0.3 is 15.5 Å². The molecule has 0 saturated heterocycles. The van der Waals surface area contributed by atoms with E-state index in [9.17, 15) is 4.39 Å².